The summed E-state index contributed by atoms with van der Waals surface area (Å²) in [5, 5.41) is 16.5. The highest BCUT2D eigenvalue weighted by Crippen LogP contribution is 2.42. The minimum Gasteiger partial charge on any atom is -0.406 e. The van der Waals surface area contributed by atoms with Gasteiger partial charge in [-0.1, -0.05) is 0 Å². The van der Waals surface area contributed by atoms with Gasteiger partial charge in [-0.15, -0.1) is 18.3 Å². The van der Waals surface area contributed by atoms with Crippen LogP contribution in [0.4, 0.5) is 13.2 Å². The van der Waals surface area contributed by atoms with E-state index in [4.69, 9.17) is 0 Å². The Balaban J connectivity index is 1.43. The molecule has 3 aromatic rings. The lowest BCUT2D eigenvalue weighted by Crippen LogP contribution is -2.29. The molecule has 1 amide bonds. The third kappa shape index (κ3) is 5.24. The minimum atomic E-state index is -4.86. The number of amides is 1. The standard InChI is InChI=1S/C23H20F3N7O2/c1-12(21-31-20(14-4-5-14)32-33(21)19-9-17(10-27)28-11-29-19)30-22(34)16-6-15(13-2-3-13)7-18(8-16)35-23(24,25)26/h6-9,11-14H,2-5H2,1H3,(H,30,34)/t12-/m0/s1. The van der Waals surface area contributed by atoms with E-state index in [1.54, 1.807) is 13.0 Å². The fourth-order valence-electron chi connectivity index (χ4n) is 3.77. The first-order chi connectivity index (χ1) is 16.7. The second-order valence-electron chi connectivity index (χ2n) is 8.70. The maximum atomic E-state index is 13.1. The van der Waals surface area contributed by atoms with Crippen molar-refractivity contribution in [2.75, 3.05) is 0 Å². The second kappa shape index (κ2) is 8.65. The third-order valence-corrected chi connectivity index (χ3v) is 5.78. The van der Waals surface area contributed by atoms with Gasteiger partial charge in [0.25, 0.3) is 5.91 Å². The molecule has 1 aromatic carbocycles. The van der Waals surface area contributed by atoms with Crippen LogP contribution in [0.5, 0.6) is 5.75 Å². The normalized spacial score (nSPS) is 16.4. The number of aromatic nitrogens is 5. The van der Waals surface area contributed by atoms with Crippen molar-refractivity contribution in [2.45, 2.75) is 56.8 Å². The lowest BCUT2D eigenvalue weighted by molar-refractivity contribution is -0.274. The summed E-state index contributed by atoms with van der Waals surface area (Å²) in [5.74, 6) is 0.643. The number of carbonyl (C=O) groups is 1. The summed E-state index contributed by atoms with van der Waals surface area (Å²) in [5.41, 5.74) is 0.840. The van der Waals surface area contributed by atoms with Crippen LogP contribution in [-0.2, 0) is 0 Å². The molecule has 0 bridgehead atoms. The molecule has 2 aliphatic rings. The van der Waals surface area contributed by atoms with Crippen LogP contribution < -0.4 is 10.1 Å². The number of nitriles is 1. The Bertz CT molecular complexity index is 1320. The summed E-state index contributed by atoms with van der Waals surface area (Å²) in [6, 6.07) is 6.73. The van der Waals surface area contributed by atoms with Crippen LogP contribution in [0.3, 0.4) is 0 Å². The predicted molar refractivity (Wildman–Crippen MR) is 115 cm³/mol. The van der Waals surface area contributed by atoms with E-state index in [9.17, 15) is 23.2 Å². The molecule has 0 aliphatic heterocycles. The van der Waals surface area contributed by atoms with Gasteiger partial charge in [-0.25, -0.2) is 15.0 Å². The SMILES string of the molecule is C[C@H](NC(=O)c1cc(OC(F)(F)F)cc(C2CC2)c1)c1nc(C2CC2)nn1-c1cc(C#N)ncn1. The number of hydrogen-bond donors (Lipinski definition) is 1. The van der Waals surface area contributed by atoms with Crippen molar-refractivity contribution in [2.24, 2.45) is 0 Å². The first-order valence-corrected chi connectivity index (χ1v) is 11.1. The molecule has 35 heavy (non-hydrogen) atoms. The first kappa shape index (κ1) is 22.8. The van der Waals surface area contributed by atoms with E-state index in [-0.39, 0.29) is 23.1 Å². The number of benzene rings is 1. The summed E-state index contributed by atoms with van der Waals surface area (Å²) in [6.45, 7) is 1.69. The Morgan fingerprint density at radius 3 is 2.57 bits per heavy atom. The molecule has 1 atom stereocenters. The van der Waals surface area contributed by atoms with Crippen LogP contribution >= 0.6 is 0 Å². The zero-order chi connectivity index (χ0) is 24.7. The van der Waals surface area contributed by atoms with Crippen LogP contribution in [0.1, 0.15) is 83.7 Å². The average molecular weight is 483 g/mol. The molecular formula is C23H20F3N7O2. The van der Waals surface area contributed by atoms with Crippen molar-refractivity contribution >= 4 is 5.91 Å². The van der Waals surface area contributed by atoms with Crippen LogP contribution in [0.25, 0.3) is 5.82 Å². The van der Waals surface area contributed by atoms with Gasteiger partial charge >= 0.3 is 6.36 Å². The fourth-order valence-corrected chi connectivity index (χ4v) is 3.77. The molecule has 2 heterocycles. The topological polar surface area (TPSA) is 119 Å². The average Bonchev–Trinajstić information content (AvgIpc) is 3.75. The molecule has 2 saturated carbocycles. The zero-order valence-electron chi connectivity index (χ0n) is 18.6. The Morgan fingerprint density at radius 1 is 1.17 bits per heavy atom. The van der Waals surface area contributed by atoms with E-state index in [0.29, 0.717) is 23.0 Å². The zero-order valence-corrected chi connectivity index (χ0v) is 18.6. The highest BCUT2D eigenvalue weighted by Gasteiger charge is 2.34. The molecule has 180 valence electrons. The summed E-state index contributed by atoms with van der Waals surface area (Å²) in [7, 11) is 0. The van der Waals surface area contributed by atoms with E-state index in [1.807, 2.05) is 6.07 Å². The van der Waals surface area contributed by atoms with Gasteiger partial charge in [0.2, 0.25) is 0 Å². The fraction of sp³-hybridized carbons (Fsp3) is 0.391. The maximum absolute atomic E-state index is 13.1. The predicted octanol–water partition coefficient (Wildman–Crippen LogP) is 4.07. The molecule has 0 saturated heterocycles. The summed E-state index contributed by atoms with van der Waals surface area (Å²) >= 11 is 0. The monoisotopic (exact) mass is 483 g/mol. The smallest absolute Gasteiger partial charge is 0.406 e. The molecule has 9 nitrogen and oxygen atoms in total. The molecular weight excluding hydrogens is 463 g/mol. The van der Waals surface area contributed by atoms with Gasteiger partial charge < -0.3 is 10.1 Å². The molecule has 0 radical (unpaired) electrons. The molecule has 2 fully saturated rings. The van der Waals surface area contributed by atoms with Crippen molar-refractivity contribution in [3.8, 4) is 17.6 Å². The van der Waals surface area contributed by atoms with E-state index in [0.717, 1.165) is 31.7 Å². The lowest BCUT2D eigenvalue weighted by Gasteiger charge is -2.16. The molecule has 2 aromatic heterocycles. The van der Waals surface area contributed by atoms with Gasteiger partial charge in [0.1, 0.15) is 23.8 Å². The number of nitrogens with zero attached hydrogens (tertiary/aromatic N) is 6. The Hall–Kier alpha value is -4.01. The summed E-state index contributed by atoms with van der Waals surface area (Å²) in [4.78, 5) is 25.7. The Labute approximate surface area is 198 Å². The summed E-state index contributed by atoms with van der Waals surface area (Å²) < 4.78 is 44.0. The number of ether oxygens (including phenoxy) is 1. The van der Waals surface area contributed by atoms with Crippen molar-refractivity contribution in [3.63, 3.8) is 0 Å². The minimum absolute atomic E-state index is 0.0581. The third-order valence-electron chi connectivity index (χ3n) is 5.78. The van der Waals surface area contributed by atoms with Crippen molar-refractivity contribution in [1.82, 2.24) is 30.0 Å². The van der Waals surface area contributed by atoms with Crippen molar-refractivity contribution in [3.05, 3.63) is 59.1 Å². The van der Waals surface area contributed by atoms with Crippen LogP contribution in [0, 0.1) is 11.3 Å². The van der Waals surface area contributed by atoms with Gasteiger partial charge in [0, 0.05) is 17.5 Å². The van der Waals surface area contributed by atoms with Gasteiger partial charge in [-0.05, 0) is 62.3 Å². The number of halogens is 3. The van der Waals surface area contributed by atoms with E-state index < -0.39 is 24.1 Å². The highest BCUT2D eigenvalue weighted by atomic mass is 19.4. The highest BCUT2D eigenvalue weighted by molar-refractivity contribution is 5.95. The molecule has 5 rings (SSSR count). The second-order valence-corrected chi connectivity index (χ2v) is 8.70. The van der Waals surface area contributed by atoms with Crippen LogP contribution in [0.2, 0.25) is 0 Å². The maximum Gasteiger partial charge on any atom is 0.573 e. The Kier molecular flexibility index (Phi) is 5.62. The van der Waals surface area contributed by atoms with Crippen LogP contribution in [-0.4, -0.2) is 37.0 Å². The molecule has 2 aliphatic carbocycles. The summed E-state index contributed by atoms with van der Waals surface area (Å²) in [6.07, 6.45) is -0.0164. The quantitative estimate of drug-likeness (QED) is 0.538. The number of carbonyl (C=O) groups excluding carboxylic acids is 1. The molecule has 0 unspecified atom stereocenters. The first-order valence-electron chi connectivity index (χ1n) is 11.1. The van der Waals surface area contributed by atoms with Gasteiger partial charge in [-0.3, -0.25) is 4.79 Å². The number of rotatable bonds is 7. The van der Waals surface area contributed by atoms with Gasteiger partial charge in [-0.2, -0.15) is 9.94 Å². The van der Waals surface area contributed by atoms with E-state index in [2.05, 4.69) is 30.1 Å². The largest absolute Gasteiger partial charge is 0.573 e. The van der Waals surface area contributed by atoms with Crippen molar-refractivity contribution < 1.29 is 22.7 Å². The Morgan fingerprint density at radius 2 is 1.91 bits per heavy atom. The van der Waals surface area contributed by atoms with E-state index in [1.165, 1.54) is 23.1 Å². The number of nitrogens with one attached hydrogen (secondary N) is 1. The molecule has 0 spiro atoms. The van der Waals surface area contributed by atoms with E-state index >= 15 is 0 Å². The molecule has 12 heteroatoms. The lowest BCUT2D eigenvalue weighted by atomic mass is 10.1. The molecule has 1 N–H and O–H groups in total. The number of hydrogen-bond acceptors (Lipinski definition) is 7. The number of alkyl halides is 3. The van der Waals surface area contributed by atoms with Crippen LogP contribution in [0.15, 0.2) is 30.6 Å². The van der Waals surface area contributed by atoms with Crippen molar-refractivity contribution in [1.29, 1.82) is 5.26 Å². The van der Waals surface area contributed by atoms with Gasteiger partial charge in [0.15, 0.2) is 17.5 Å². The van der Waals surface area contributed by atoms with Gasteiger partial charge in [0.05, 0.1) is 6.04 Å².